The lowest BCUT2D eigenvalue weighted by Gasteiger charge is -2.19. The highest BCUT2D eigenvalue weighted by Crippen LogP contribution is 2.24. The van der Waals surface area contributed by atoms with Crippen molar-refractivity contribution in [2.24, 2.45) is 0 Å². The second-order valence-electron chi connectivity index (χ2n) is 7.29. The lowest BCUT2D eigenvalue weighted by Crippen LogP contribution is -2.26. The van der Waals surface area contributed by atoms with E-state index in [0.717, 1.165) is 5.56 Å². The number of aliphatic hydroxyl groups is 1. The lowest BCUT2D eigenvalue weighted by atomic mass is 9.87. The van der Waals surface area contributed by atoms with Gasteiger partial charge in [-0.15, -0.1) is 0 Å². The second kappa shape index (κ2) is 6.77. The fourth-order valence-electron chi connectivity index (χ4n) is 2.96. The lowest BCUT2D eigenvalue weighted by molar-refractivity contribution is 0.102. The average Bonchev–Trinajstić information content (AvgIpc) is 2.60. The maximum absolute atomic E-state index is 12.7. The predicted molar refractivity (Wildman–Crippen MR) is 104 cm³/mol. The van der Waals surface area contributed by atoms with Crippen molar-refractivity contribution in [3.8, 4) is 0 Å². The normalized spacial score (nSPS) is 11.5. The summed E-state index contributed by atoms with van der Waals surface area (Å²) in [6.07, 6.45) is 0. The van der Waals surface area contributed by atoms with Crippen LogP contribution in [0.15, 0.2) is 53.3 Å². The summed E-state index contributed by atoms with van der Waals surface area (Å²) in [4.78, 5) is 27.8. The number of pyridine rings is 1. The van der Waals surface area contributed by atoms with E-state index in [1.54, 1.807) is 24.3 Å². The number of aromatic amines is 1. The van der Waals surface area contributed by atoms with Gasteiger partial charge in [0.1, 0.15) is 5.56 Å². The Labute approximate surface area is 151 Å². The first kappa shape index (κ1) is 17.9. The van der Waals surface area contributed by atoms with Crippen LogP contribution in [0.4, 0.5) is 5.69 Å². The van der Waals surface area contributed by atoms with Crippen LogP contribution in [0.5, 0.6) is 0 Å². The number of nitrogens with one attached hydrogen (secondary N) is 2. The van der Waals surface area contributed by atoms with Gasteiger partial charge in [0.2, 0.25) is 0 Å². The first-order valence-electron chi connectivity index (χ1n) is 8.48. The van der Waals surface area contributed by atoms with Crippen LogP contribution in [-0.4, -0.2) is 16.0 Å². The van der Waals surface area contributed by atoms with Crippen LogP contribution in [0.1, 0.15) is 42.3 Å². The van der Waals surface area contributed by atoms with Crippen molar-refractivity contribution in [3.63, 3.8) is 0 Å². The Hall–Kier alpha value is -2.92. The molecule has 0 spiro atoms. The highest BCUT2D eigenvalue weighted by molar-refractivity contribution is 6.07. The molecule has 0 fully saturated rings. The molecule has 2 aromatic carbocycles. The SMILES string of the molecule is CC(C)(C)c1ccc(NC(=O)c2c(CO)c3ccccc3[nH]c2=O)cc1. The number of rotatable bonds is 3. The molecule has 1 amide bonds. The summed E-state index contributed by atoms with van der Waals surface area (Å²) in [6.45, 7) is 5.95. The van der Waals surface area contributed by atoms with Crippen molar-refractivity contribution in [3.05, 3.63) is 75.6 Å². The molecule has 3 aromatic rings. The van der Waals surface area contributed by atoms with E-state index in [2.05, 4.69) is 31.1 Å². The van der Waals surface area contributed by atoms with Crippen LogP contribution < -0.4 is 10.9 Å². The van der Waals surface area contributed by atoms with Gasteiger partial charge in [-0.05, 0) is 29.2 Å². The molecule has 0 atom stereocenters. The zero-order valence-electron chi connectivity index (χ0n) is 15.1. The van der Waals surface area contributed by atoms with Gasteiger partial charge < -0.3 is 15.4 Å². The number of aliphatic hydroxyl groups excluding tert-OH is 1. The Morgan fingerprint density at radius 3 is 2.35 bits per heavy atom. The molecule has 134 valence electrons. The zero-order chi connectivity index (χ0) is 18.9. The largest absolute Gasteiger partial charge is 0.392 e. The minimum absolute atomic E-state index is 0.0160. The van der Waals surface area contributed by atoms with E-state index in [1.807, 2.05) is 24.3 Å². The molecular formula is C21H22N2O3. The Kier molecular flexibility index (Phi) is 4.66. The summed E-state index contributed by atoms with van der Waals surface area (Å²) in [5, 5.41) is 13.2. The number of amides is 1. The standard InChI is InChI=1S/C21H22N2O3/c1-21(2,3)13-8-10-14(11-9-13)22-19(25)18-16(12-24)15-6-4-5-7-17(15)23-20(18)26/h4-11,24H,12H2,1-3H3,(H,22,25)(H,23,26). The van der Waals surface area contributed by atoms with Gasteiger partial charge in [-0.3, -0.25) is 9.59 Å². The molecular weight excluding hydrogens is 328 g/mol. The zero-order valence-corrected chi connectivity index (χ0v) is 15.1. The van der Waals surface area contributed by atoms with Gasteiger partial charge in [0.25, 0.3) is 11.5 Å². The van der Waals surface area contributed by atoms with E-state index in [1.165, 1.54) is 0 Å². The van der Waals surface area contributed by atoms with Crippen molar-refractivity contribution in [1.29, 1.82) is 0 Å². The first-order chi connectivity index (χ1) is 12.3. The van der Waals surface area contributed by atoms with Gasteiger partial charge >= 0.3 is 0 Å². The number of aromatic nitrogens is 1. The predicted octanol–water partition coefficient (Wildman–Crippen LogP) is 3.57. The number of hydrogen-bond donors (Lipinski definition) is 3. The molecule has 0 unspecified atom stereocenters. The van der Waals surface area contributed by atoms with E-state index in [0.29, 0.717) is 22.2 Å². The van der Waals surface area contributed by atoms with Crippen molar-refractivity contribution >= 4 is 22.5 Å². The highest BCUT2D eigenvalue weighted by atomic mass is 16.3. The molecule has 5 nitrogen and oxygen atoms in total. The van der Waals surface area contributed by atoms with Gasteiger partial charge in [-0.1, -0.05) is 51.1 Å². The number of carbonyl (C=O) groups is 1. The third-order valence-electron chi connectivity index (χ3n) is 4.42. The molecule has 0 radical (unpaired) electrons. The number of fused-ring (bicyclic) bond motifs is 1. The van der Waals surface area contributed by atoms with Crippen LogP contribution in [0, 0.1) is 0 Å². The molecule has 0 aliphatic carbocycles. The minimum atomic E-state index is -0.537. The number of para-hydroxylation sites is 1. The molecule has 5 heteroatoms. The summed E-state index contributed by atoms with van der Waals surface area (Å²) in [5.41, 5.74) is 2.10. The summed E-state index contributed by atoms with van der Waals surface area (Å²) in [5.74, 6) is -0.537. The smallest absolute Gasteiger partial charge is 0.261 e. The third-order valence-corrected chi connectivity index (χ3v) is 4.42. The molecule has 1 aromatic heterocycles. The topological polar surface area (TPSA) is 82.2 Å². The number of carbonyl (C=O) groups excluding carboxylic acids is 1. The third kappa shape index (κ3) is 3.39. The van der Waals surface area contributed by atoms with E-state index in [4.69, 9.17) is 0 Å². The molecule has 3 N–H and O–H groups in total. The fourth-order valence-corrected chi connectivity index (χ4v) is 2.96. The molecule has 0 saturated heterocycles. The van der Waals surface area contributed by atoms with E-state index in [9.17, 15) is 14.7 Å². The van der Waals surface area contributed by atoms with E-state index in [-0.39, 0.29) is 11.0 Å². The van der Waals surface area contributed by atoms with Crippen molar-refractivity contribution < 1.29 is 9.90 Å². The van der Waals surface area contributed by atoms with Gasteiger partial charge in [0.15, 0.2) is 0 Å². The van der Waals surface area contributed by atoms with Crippen molar-refractivity contribution in [2.45, 2.75) is 32.8 Å². The molecule has 26 heavy (non-hydrogen) atoms. The van der Waals surface area contributed by atoms with Crippen LogP contribution in [0.25, 0.3) is 10.9 Å². The molecule has 0 aliphatic heterocycles. The molecule has 3 rings (SSSR count). The van der Waals surface area contributed by atoms with Crippen LogP contribution in [-0.2, 0) is 12.0 Å². The Balaban J connectivity index is 1.98. The molecule has 0 bridgehead atoms. The Morgan fingerprint density at radius 2 is 1.73 bits per heavy atom. The summed E-state index contributed by atoms with van der Waals surface area (Å²) < 4.78 is 0. The Bertz CT molecular complexity index is 1010. The maximum Gasteiger partial charge on any atom is 0.261 e. The van der Waals surface area contributed by atoms with E-state index >= 15 is 0 Å². The Morgan fingerprint density at radius 1 is 1.08 bits per heavy atom. The molecule has 1 heterocycles. The highest BCUT2D eigenvalue weighted by Gasteiger charge is 2.19. The van der Waals surface area contributed by atoms with Crippen LogP contribution >= 0.6 is 0 Å². The molecule has 0 aliphatic rings. The first-order valence-corrected chi connectivity index (χ1v) is 8.48. The van der Waals surface area contributed by atoms with Crippen molar-refractivity contribution in [1.82, 2.24) is 4.98 Å². The number of H-pyrrole nitrogens is 1. The fraction of sp³-hybridized carbons (Fsp3) is 0.238. The summed E-state index contributed by atoms with van der Waals surface area (Å²) in [6, 6.07) is 14.6. The van der Waals surface area contributed by atoms with Gasteiger partial charge in [0, 0.05) is 22.2 Å². The van der Waals surface area contributed by atoms with Crippen LogP contribution in [0.3, 0.4) is 0 Å². The summed E-state index contributed by atoms with van der Waals surface area (Å²) in [7, 11) is 0. The maximum atomic E-state index is 12.7. The quantitative estimate of drug-likeness (QED) is 0.675. The van der Waals surface area contributed by atoms with Crippen LogP contribution in [0.2, 0.25) is 0 Å². The number of hydrogen-bond acceptors (Lipinski definition) is 3. The van der Waals surface area contributed by atoms with Gasteiger partial charge in [-0.25, -0.2) is 0 Å². The molecule has 0 saturated carbocycles. The van der Waals surface area contributed by atoms with Gasteiger partial charge in [-0.2, -0.15) is 0 Å². The second-order valence-corrected chi connectivity index (χ2v) is 7.29. The van der Waals surface area contributed by atoms with Crippen molar-refractivity contribution in [2.75, 3.05) is 5.32 Å². The monoisotopic (exact) mass is 350 g/mol. The summed E-state index contributed by atoms with van der Waals surface area (Å²) >= 11 is 0. The number of anilines is 1. The number of benzene rings is 2. The van der Waals surface area contributed by atoms with E-state index < -0.39 is 18.1 Å². The minimum Gasteiger partial charge on any atom is -0.392 e. The van der Waals surface area contributed by atoms with Gasteiger partial charge in [0.05, 0.1) is 6.61 Å². The average molecular weight is 350 g/mol.